The first-order valence-electron chi connectivity index (χ1n) is 9.99. The summed E-state index contributed by atoms with van der Waals surface area (Å²) in [5.74, 6) is 0. The molecule has 0 saturated carbocycles. The summed E-state index contributed by atoms with van der Waals surface area (Å²) in [6, 6.07) is 8.73. The molecule has 0 spiro atoms. The van der Waals surface area contributed by atoms with Crippen LogP contribution in [-0.2, 0) is 4.74 Å². The van der Waals surface area contributed by atoms with Crippen molar-refractivity contribution in [1.29, 1.82) is 0 Å². The molecule has 2 aromatic carbocycles. The third-order valence-electron chi connectivity index (χ3n) is 5.34. The van der Waals surface area contributed by atoms with Crippen molar-refractivity contribution in [2.24, 2.45) is 0 Å². The van der Waals surface area contributed by atoms with Crippen LogP contribution in [0.15, 0.2) is 36.7 Å². The number of rotatable bonds is 5. The average molecular weight is 433 g/mol. The fourth-order valence-corrected chi connectivity index (χ4v) is 5.22. The van der Waals surface area contributed by atoms with Gasteiger partial charge >= 0.3 is 0 Å². The molecule has 0 aliphatic carbocycles. The van der Waals surface area contributed by atoms with E-state index in [9.17, 15) is 0 Å². The van der Waals surface area contributed by atoms with Crippen molar-refractivity contribution in [2.45, 2.75) is 59.2 Å². The van der Waals surface area contributed by atoms with Gasteiger partial charge < -0.3 is 14.5 Å². The van der Waals surface area contributed by atoms with Crippen LogP contribution in [0.2, 0.25) is 0 Å². The van der Waals surface area contributed by atoms with E-state index in [0.29, 0.717) is 6.61 Å². The van der Waals surface area contributed by atoms with E-state index >= 15 is 0 Å². The van der Waals surface area contributed by atoms with Crippen molar-refractivity contribution in [3.63, 3.8) is 0 Å². The van der Waals surface area contributed by atoms with Crippen molar-refractivity contribution >= 4 is 34.6 Å². The lowest BCUT2D eigenvalue weighted by molar-refractivity contribution is 0.0724. The molecule has 0 saturated heterocycles. The molecule has 3 nitrogen and oxygen atoms in total. The summed E-state index contributed by atoms with van der Waals surface area (Å²) in [7, 11) is 0. The molecule has 1 heterocycles. The molecule has 1 aliphatic rings. The fourth-order valence-electron chi connectivity index (χ4n) is 4.58. The Labute approximate surface area is 184 Å². The molecule has 0 radical (unpaired) electrons. The number of nitrogens with zero attached hydrogens (tertiary/aromatic N) is 2. The van der Waals surface area contributed by atoms with Crippen LogP contribution in [0.1, 0.15) is 40.3 Å². The summed E-state index contributed by atoms with van der Waals surface area (Å²) in [6.45, 7) is 15.0. The SMILES string of the molecule is CCOC(Cl)(Cl)C1N(c2c(C)cc(C)cc2C)C=CN1c1c(C)cc(C)cc1C. The molecule has 1 aliphatic heterocycles. The van der Waals surface area contributed by atoms with Gasteiger partial charge in [0.1, 0.15) is 0 Å². The van der Waals surface area contributed by atoms with Crippen LogP contribution < -0.4 is 9.80 Å². The molecule has 0 fully saturated rings. The molecule has 0 N–H and O–H groups in total. The molecule has 156 valence electrons. The maximum Gasteiger partial charge on any atom is 0.258 e. The lowest BCUT2D eigenvalue weighted by Gasteiger charge is -2.41. The van der Waals surface area contributed by atoms with E-state index in [1.807, 2.05) is 19.3 Å². The summed E-state index contributed by atoms with van der Waals surface area (Å²) in [5, 5.41) is 0. The van der Waals surface area contributed by atoms with Crippen LogP contribution in [0.25, 0.3) is 0 Å². The smallest absolute Gasteiger partial charge is 0.258 e. The van der Waals surface area contributed by atoms with Crippen molar-refractivity contribution < 1.29 is 4.74 Å². The van der Waals surface area contributed by atoms with Crippen LogP contribution in [-0.4, -0.2) is 17.3 Å². The second kappa shape index (κ2) is 8.22. The number of ether oxygens (including phenoxy) is 1. The Balaban J connectivity index is 2.17. The molecular formula is C24H30Cl2N2O. The molecule has 0 aromatic heterocycles. The van der Waals surface area contributed by atoms with Crippen molar-refractivity contribution in [2.75, 3.05) is 16.4 Å². The van der Waals surface area contributed by atoms with Gasteiger partial charge in [-0.1, -0.05) is 58.6 Å². The van der Waals surface area contributed by atoms with Gasteiger partial charge in [0.2, 0.25) is 0 Å². The van der Waals surface area contributed by atoms with Gasteiger partial charge in [0, 0.05) is 30.4 Å². The van der Waals surface area contributed by atoms with Crippen molar-refractivity contribution in [3.8, 4) is 0 Å². The molecule has 0 atom stereocenters. The first kappa shape index (κ1) is 22.0. The van der Waals surface area contributed by atoms with E-state index in [2.05, 4.69) is 75.6 Å². The van der Waals surface area contributed by atoms with E-state index in [1.54, 1.807) is 0 Å². The van der Waals surface area contributed by atoms with Crippen molar-refractivity contribution in [1.82, 2.24) is 0 Å². The van der Waals surface area contributed by atoms with Crippen LogP contribution >= 0.6 is 23.2 Å². The second-order valence-electron chi connectivity index (χ2n) is 7.98. The Kier molecular flexibility index (Phi) is 6.24. The van der Waals surface area contributed by atoms with Gasteiger partial charge in [-0.05, 0) is 70.7 Å². The minimum atomic E-state index is -1.42. The van der Waals surface area contributed by atoms with E-state index in [0.717, 1.165) is 11.4 Å². The first-order valence-corrected chi connectivity index (χ1v) is 10.7. The van der Waals surface area contributed by atoms with Crippen LogP contribution in [0.3, 0.4) is 0 Å². The third kappa shape index (κ3) is 4.14. The van der Waals surface area contributed by atoms with Crippen LogP contribution in [0, 0.1) is 41.5 Å². The predicted molar refractivity (Wildman–Crippen MR) is 125 cm³/mol. The molecular weight excluding hydrogens is 403 g/mol. The summed E-state index contributed by atoms with van der Waals surface area (Å²) >= 11 is 13.6. The Bertz CT molecular complexity index is 838. The van der Waals surface area contributed by atoms with Crippen LogP contribution in [0.5, 0.6) is 0 Å². The number of hydrogen-bond donors (Lipinski definition) is 0. The molecule has 0 unspecified atom stereocenters. The lowest BCUT2D eigenvalue weighted by atomic mass is 10.0. The van der Waals surface area contributed by atoms with Gasteiger partial charge in [0.05, 0.1) is 0 Å². The number of hydrogen-bond acceptors (Lipinski definition) is 3. The fraction of sp³-hybridized carbons (Fsp3) is 0.417. The Hall–Kier alpha value is -1.68. The van der Waals surface area contributed by atoms with Gasteiger partial charge in [-0.25, -0.2) is 0 Å². The highest BCUT2D eigenvalue weighted by Crippen LogP contribution is 2.44. The molecule has 0 amide bonds. The minimum Gasteiger partial charge on any atom is -0.344 e. The van der Waals surface area contributed by atoms with Gasteiger partial charge in [-0.15, -0.1) is 0 Å². The van der Waals surface area contributed by atoms with E-state index in [1.165, 1.54) is 33.4 Å². The highest BCUT2D eigenvalue weighted by molar-refractivity contribution is 6.48. The number of alkyl halides is 2. The van der Waals surface area contributed by atoms with E-state index in [4.69, 9.17) is 27.9 Å². The number of halogens is 2. The second-order valence-corrected chi connectivity index (χ2v) is 9.29. The van der Waals surface area contributed by atoms with Gasteiger partial charge in [-0.3, -0.25) is 0 Å². The minimum absolute atomic E-state index is 0.420. The Morgan fingerprint density at radius 2 is 1.10 bits per heavy atom. The zero-order valence-corrected chi connectivity index (χ0v) is 19.8. The normalized spacial score (nSPS) is 14.9. The van der Waals surface area contributed by atoms with E-state index in [-0.39, 0.29) is 0 Å². The Morgan fingerprint density at radius 1 is 0.759 bits per heavy atom. The standard InChI is InChI=1S/C24H30Cl2N2O/c1-8-29-24(25,26)23-27(21-17(4)11-15(2)12-18(21)5)9-10-28(23)22-19(6)13-16(3)14-20(22)7/h9-14,23H,8H2,1-7H3. The molecule has 0 bridgehead atoms. The third-order valence-corrected chi connectivity index (χ3v) is 5.95. The van der Waals surface area contributed by atoms with Crippen LogP contribution in [0.4, 0.5) is 11.4 Å². The monoisotopic (exact) mass is 432 g/mol. The highest BCUT2D eigenvalue weighted by Gasteiger charge is 2.47. The van der Waals surface area contributed by atoms with Crippen molar-refractivity contribution in [3.05, 3.63) is 70.0 Å². The highest BCUT2D eigenvalue weighted by atomic mass is 35.5. The predicted octanol–water partition coefficient (Wildman–Crippen LogP) is 6.83. The topological polar surface area (TPSA) is 15.7 Å². The van der Waals surface area contributed by atoms with E-state index < -0.39 is 10.7 Å². The molecule has 29 heavy (non-hydrogen) atoms. The summed E-state index contributed by atoms with van der Waals surface area (Å²) in [6.07, 6.45) is 3.66. The zero-order chi connectivity index (χ0) is 21.5. The lowest BCUT2D eigenvalue weighted by Crippen LogP contribution is -2.53. The number of benzene rings is 2. The zero-order valence-electron chi connectivity index (χ0n) is 18.3. The van der Waals surface area contributed by atoms with Gasteiger partial charge in [0.15, 0.2) is 6.17 Å². The summed E-state index contributed by atoms with van der Waals surface area (Å²) in [4.78, 5) is 4.27. The van der Waals surface area contributed by atoms with Gasteiger partial charge in [0.25, 0.3) is 4.52 Å². The first-order chi connectivity index (χ1) is 13.6. The summed E-state index contributed by atoms with van der Waals surface area (Å²) < 4.78 is 4.41. The quantitative estimate of drug-likeness (QED) is 0.481. The average Bonchev–Trinajstić information content (AvgIpc) is 2.98. The Morgan fingerprint density at radius 3 is 1.41 bits per heavy atom. The maximum atomic E-state index is 6.82. The largest absolute Gasteiger partial charge is 0.344 e. The molecule has 2 aromatic rings. The molecule has 3 rings (SSSR count). The maximum absolute atomic E-state index is 6.82. The molecule has 5 heteroatoms. The summed E-state index contributed by atoms with van der Waals surface area (Å²) in [5.41, 5.74) is 9.39. The van der Waals surface area contributed by atoms with Gasteiger partial charge in [-0.2, -0.15) is 0 Å². The number of anilines is 2. The number of aryl methyl sites for hydroxylation is 6.